The van der Waals surface area contributed by atoms with E-state index in [1.54, 1.807) is 13.4 Å². The van der Waals surface area contributed by atoms with Crippen molar-refractivity contribution < 1.29 is 4.74 Å². The average molecular weight is 283 g/mol. The van der Waals surface area contributed by atoms with E-state index in [4.69, 9.17) is 4.74 Å². The van der Waals surface area contributed by atoms with Crippen molar-refractivity contribution in [1.82, 2.24) is 9.97 Å². The zero-order chi connectivity index (χ0) is 14.5. The van der Waals surface area contributed by atoms with Crippen molar-refractivity contribution in [3.63, 3.8) is 0 Å². The van der Waals surface area contributed by atoms with Gasteiger partial charge in [-0.3, -0.25) is 0 Å². The number of anilines is 1. The van der Waals surface area contributed by atoms with Crippen molar-refractivity contribution in [2.24, 2.45) is 0 Å². The van der Waals surface area contributed by atoms with Gasteiger partial charge in [0.25, 0.3) is 0 Å². The van der Waals surface area contributed by atoms with Crippen molar-refractivity contribution in [1.29, 1.82) is 0 Å². The van der Waals surface area contributed by atoms with Gasteiger partial charge in [-0.2, -0.15) is 0 Å². The molecule has 0 atom stereocenters. The first kappa shape index (κ1) is 14.0. The lowest BCUT2D eigenvalue weighted by Gasteiger charge is -2.18. The minimum Gasteiger partial charge on any atom is -0.380 e. The number of aromatic nitrogens is 2. The molecule has 1 heterocycles. The van der Waals surface area contributed by atoms with E-state index in [0.717, 1.165) is 25.2 Å². The van der Waals surface area contributed by atoms with E-state index >= 15 is 0 Å². The van der Waals surface area contributed by atoms with Gasteiger partial charge in [-0.25, -0.2) is 9.97 Å². The van der Waals surface area contributed by atoms with E-state index in [1.807, 2.05) is 0 Å². The Morgan fingerprint density at radius 3 is 2.90 bits per heavy atom. The Morgan fingerprint density at radius 2 is 2.00 bits per heavy atom. The molecule has 1 aromatic carbocycles. The van der Waals surface area contributed by atoms with Crippen LogP contribution in [0, 0.1) is 0 Å². The molecule has 1 aromatic heterocycles. The van der Waals surface area contributed by atoms with Crippen molar-refractivity contribution in [2.75, 3.05) is 12.4 Å². The number of rotatable bonds is 5. The Balaban J connectivity index is 1.72. The van der Waals surface area contributed by atoms with E-state index in [2.05, 4.69) is 39.6 Å². The fourth-order valence-electron chi connectivity index (χ4n) is 2.86. The fraction of sp³-hybridized carbons (Fsp3) is 0.412. The van der Waals surface area contributed by atoms with Crippen LogP contribution in [0.25, 0.3) is 0 Å². The van der Waals surface area contributed by atoms with Crippen LogP contribution < -0.4 is 5.32 Å². The second-order valence-corrected chi connectivity index (χ2v) is 5.46. The summed E-state index contributed by atoms with van der Waals surface area (Å²) < 4.78 is 5.18. The Labute approximate surface area is 125 Å². The van der Waals surface area contributed by atoms with Crippen LogP contribution in [0.1, 0.15) is 35.2 Å². The van der Waals surface area contributed by atoms with E-state index < -0.39 is 0 Å². The van der Waals surface area contributed by atoms with Gasteiger partial charge in [0.15, 0.2) is 0 Å². The molecule has 0 bridgehead atoms. The lowest BCUT2D eigenvalue weighted by molar-refractivity contribution is 0.185. The Hall–Kier alpha value is -1.94. The summed E-state index contributed by atoms with van der Waals surface area (Å²) in [7, 11) is 1.72. The number of fused-ring (bicyclic) bond motifs is 1. The van der Waals surface area contributed by atoms with Crippen LogP contribution in [0.4, 0.5) is 5.82 Å². The number of benzene rings is 1. The zero-order valence-electron chi connectivity index (χ0n) is 12.4. The minimum absolute atomic E-state index is 0.650. The molecular weight excluding hydrogens is 262 g/mol. The van der Waals surface area contributed by atoms with Gasteiger partial charge in [-0.15, -0.1) is 0 Å². The van der Waals surface area contributed by atoms with Crippen LogP contribution in [0.2, 0.25) is 0 Å². The molecule has 0 spiro atoms. The van der Waals surface area contributed by atoms with Gasteiger partial charge < -0.3 is 10.1 Å². The van der Waals surface area contributed by atoms with Gasteiger partial charge >= 0.3 is 0 Å². The third kappa shape index (κ3) is 3.39. The predicted octanol–water partition coefficient (Wildman–Crippen LogP) is 3.11. The molecule has 0 saturated heterocycles. The SMILES string of the molecule is COCc1cccc(CNc2ncnc3c2CCCC3)c1. The van der Waals surface area contributed by atoms with Gasteiger partial charge in [0.1, 0.15) is 12.1 Å². The third-order valence-corrected chi connectivity index (χ3v) is 3.89. The summed E-state index contributed by atoms with van der Waals surface area (Å²) in [5.41, 5.74) is 4.96. The number of aryl methyl sites for hydroxylation is 1. The Morgan fingerprint density at radius 1 is 1.14 bits per heavy atom. The number of ether oxygens (including phenoxy) is 1. The second-order valence-electron chi connectivity index (χ2n) is 5.46. The highest BCUT2D eigenvalue weighted by Crippen LogP contribution is 2.24. The van der Waals surface area contributed by atoms with Crippen LogP contribution in [-0.2, 0) is 30.7 Å². The molecule has 21 heavy (non-hydrogen) atoms. The highest BCUT2D eigenvalue weighted by molar-refractivity contribution is 5.47. The number of hydrogen-bond donors (Lipinski definition) is 1. The summed E-state index contributed by atoms with van der Waals surface area (Å²) in [5, 5.41) is 3.47. The highest BCUT2D eigenvalue weighted by Gasteiger charge is 2.15. The number of methoxy groups -OCH3 is 1. The Kier molecular flexibility index (Phi) is 4.46. The molecule has 3 rings (SSSR count). The topological polar surface area (TPSA) is 47.0 Å². The fourth-order valence-corrected chi connectivity index (χ4v) is 2.86. The summed E-state index contributed by atoms with van der Waals surface area (Å²) in [6.45, 7) is 1.43. The first-order valence-corrected chi connectivity index (χ1v) is 7.50. The molecule has 4 heteroatoms. The molecule has 0 aliphatic heterocycles. The summed E-state index contributed by atoms with van der Waals surface area (Å²) in [4.78, 5) is 8.82. The quantitative estimate of drug-likeness (QED) is 0.916. The third-order valence-electron chi connectivity index (χ3n) is 3.89. The molecule has 0 fully saturated rings. The summed E-state index contributed by atoms with van der Waals surface area (Å²) in [6, 6.07) is 8.45. The van der Waals surface area contributed by atoms with Gasteiger partial charge in [-0.05, 0) is 36.8 Å². The van der Waals surface area contributed by atoms with E-state index in [1.165, 1.54) is 35.2 Å². The summed E-state index contributed by atoms with van der Waals surface area (Å²) >= 11 is 0. The molecule has 4 nitrogen and oxygen atoms in total. The van der Waals surface area contributed by atoms with Crippen LogP contribution in [0.3, 0.4) is 0 Å². The summed E-state index contributed by atoms with van der Waals surface area (Å²) in [6.07, 6.45) is 6.31. The standard InChI is InChI=1S/C17H21N3O/c1-21-11-14-6-4-5-13(9-14)10-18-17-15-7-2-3-8-16(15)19-12-20-17/h4-6,9,12H,2-3,7-8,10-11H2,1H3,(H,18,19,20). The monoisotopic (exact) mass is 283 g/mol. The lowest BCUT2D eigenvalue weighted by Crippen LogP contribution is -2.12. The molecule has 1 aliphatic rings. The maximum atomic E-state index is 5.18. The molecule has 110 valence electrons. The van der Waals surface area contributed by atoms with E-state index in [0.29, 0.717) is 6.61 Å². The molecule has 0 amide bonds. The first-order valence-electron chi connectivity index (χ1n) is 7.50. The highest BCUT2D eigenvalue weighted by atomic mass is 16.5. The van der Waals surface area contributed by atoms with Crippen LogP contribution in [0.15, 0.2) is 30.6 Å². The van der Waals surface area contributed by atoms with Gasteiger partial charge in [0, 0.05) is 24.9 Å². The van der Waals surface area contributed by atoms with Crippen LogP contribution >= 0.6 is 0 Å². The van der Waals surface area contributed by atoms with Crippen molar-refractivity contribution in [3.05, 3.63) is 53.0 Å². The Bertz CT molecular complexity index is 613. The molecule has 0 unspecified atom stereocenters. The maximum absolute atomic E-state index is 5.18. The van der Waals surface area contributed by atoms with Crippen molar-refractivity contribution >= 4 is 5.82 Å². The van der Waals surface area contributed by atoms with Gasteiger partial charge in [0.05, 0.1) is 6.61 Å². The molecular formula is C17H21N3O. The largest absolute Gasteiger partial charge is 0.380 e. The van der Waals surface area contributed by atoms with E-state index in [9.17, 15) is 0 Å². The minimum atomic E-state index is 0.650. The van der Waals surface area contributed by atoms with Gasteiger partial charge in [-0.1, -0.05) is 24.3 Å². The molecule has 1 N–H and O–H groups in total. The zero-order valence-corrected chi connectivity index (χ0v) is 12.4. The first-order chi connectivity index (χ1) is 10.4. The molecule has 0 saturated carbocycles. The number of nitrogens with one attached hydrogen (secondary N) is 1. The van der Waals surface area contributed by atoms with Crippen molar-refractivity contribution in [2.45, 2.75) is 38.8 Å². The number of hydrogen-bond acceptors (Lipinski definition) is 4. The van der Waals surface area contributed by atoms with E-state index in [-0.39, 0.29) is 0 Å². The molecule has 2 aromatic rings. The molecule has 1 aliphatic carbocycles. The normalized spacial score (nSPS) is 13.8. The predicted molar refractivity (Wildman–Crippen MR) is 83.2 cm³/mol. The average Bonchev–Trinajstić information content (AvgIpc) is 2.53. The van der Waals surface area contributed by atoms with Crippen LogP contribution in [-0.4, -0.2) is 17.1 Å². The maximum Gasteiger partial charge on any atom is 0.133 e. The van der Waals surface area contributed by atoms with Crippen LogP contribution in [0.5, 0.6) is 0 Å². The van der Waals surface area contributed by atoms with Crippen molar-refractivity contribution in [3.8, 4) is 0 Å². The second kappa shape index (κ2) is 6.68. The van der Waals surface area contributed by atoms with Gasteiger partial charge in [0.2, 0.25) is 0 Å². The lowest BCUT2D eigenvalue weighted by atomic mass is 9.96. The number of nitrogens with zero attached hydrogens (tertiary/aromatic N) is 2. The summed E-state index contributed by atoms with van der Waals surface area (Å²) in [5.74, 6) is 0.997. The smallest absolute Gasteiger partial charge is 0.133 e. The molecule has 0 radical (unpaired) electrons.